The molecular formula is C11H9F2N5O. The van der Waals surface area contributed by atoms with Crippen LogP contribution >= 0.6 is 0 Å². The molecule has 0 atom stereocenters. The summed E-state index contributed by atoms with van der Waals surface area (Å²) in [5.41, 5.74) is 0.0714. The van der Waals surface area contributed by atoms with Crippen molar-refractivity contribution in [1.82, 2.24) is 23.7 Å². The molecule has 19 heavy (non-hydrogen) atoms. The van der Waals surface area contributed by atoms with E-state index in [0.29, 0.717) is 10.2 Å². The van der Waals surface area contributed by atoms with Crippen LogP contribution in [0.25, 0.3) is 5.65 Å². The lowest BCUT2D eigenvalue weighted by atomic mass is 10.5. The van der Waals surface area contributed by atoms with Gasteiger partial charge in [-0.1, -0.05) is 6.07 Å². The minimum Gasteiger partial charge on any atom is -0.276 e. The number of hydrogen-bond donors (Lipinski definition) is 0. The summed E-state index contributed by atoms with van der Waals surface area (Å²) in [5, 5.41) is 4.06. The predicted octanol–water partition coefficient (Wildman–Crippen LogP) is 1.14. The van der Waals surface area contributed by atoms with Crippen LogP contribution < -0.4 is 5.69 Å². The number of nitrogens with zero attached hydrogens (tertiary/aromatic N) is 5. The Labute approximate surface area is 105 Å². The van der Waals surface area contributed by atoms with Gasteiger partial charge in [-0.05, 0) is 12.1 Å². The van der Waals surface area contributed by atoms with Crippen molar-refractivity contribution >= 4 is 5.65 Å². The van der Waals surface area contributed by atoms with Gasteiger partial charge in [0.2, 0.25) is 0 Å². The highest BCUT2D eigenvalue weighted by atomic mass is 19.3. The molecule has 0 aliphatic rings. The van der Waals surface area contributed by atoms with Crippen LogP contribution in [0.1, 0.15) is 12.4 Å². The zero-order valence-corrected chi connectivity index (χ0v) is 9.65. The molecule has 0 saturated carbocycles. The lowest BCUT2D eigenvalue weighted by molar-refractivity contribution is 0.0665. The molecule has 98 valence electrons. The third-order valence-electron chi connectivity index (χ3n) is 2.74. The molecule has 3 aromatic heterocycles. The second-order valence-electron chi connectivity index (χ2n) is 3.90. The molecule has 0 bridgehead atoms. The summed E-state index contributed by atoms with van der Waals surface area (Å²) in [6.45, 7) is -2.79. The van der Waals surface area contributed by atoms with Gasteiger partial charge in [-0.25, -0.2) is 14.5 Å². The molecule has 0 aromatic carbocycles. The fraction of sp³-hybridized carbons (Fsp3) is 0.182. The monoisotopic (exact) mass is 265 g/mol. The number of halogens is 2. The molecule has 0 aliphatic heterocycles. The van der Waals surface area contributed by atoms with Crippen molar-refractivity contribution in [2.75, 3.05) is 0 Å². The van der Waals surface area contributed by atoms with Crippen LogP contribution in [0.2, 0.25) is 0 Å². The molecular weight excluding hydrogens is 256 g/mol. The summed E-state index contributed by atoms with van der Waals surface area (Å²) in [7, 11) is 0. The van der Waals surface area contributed by atoms with Gasteiger partial charge in [-0.3, -0.25) is 8.97 Å². The number of pyridine rings is 1. The Morgan fingerprint density at radius 3 is 2.84 bits per heavy atom. The first-order valence-corrected chi connectivity index (χ1v) is 5.51. The van der Waals surface area contributed by atoms with E-state index in [9.17, 15) is 13.6 Å². The lowest BCUT2D eigenvalue weighted by Gasteiger charge is -2.04. The predicted molar refractivity (Wildman–Crippen MR) is 62.0 cm³/mol. The van der Waals surface area contributed by atoms with Gasteiger partial charge in [-0.15, -0.1) is 5.10 Å². The van der Waals surface area contributed by atoms with Gasteiger partial charge in [0.25, 0.3) is 0 Å². The molecule has 0 N–H and O–H groups in total. The first kappa shape index (κ1) is 11.6. The van der Waals surface area contributed by atoms with Crippen LogP contribution in [0, 0.1) is 0 Å². The number of fused-ring (bicyclic) bond motifs is 1. The van der Waals surface area contributed by atoms with E-state index in [1.54, 1.807) is 24.4 Å². The van der Waals surface area contributed by atoms with Gasteiger partial charge < -0.3 is 0 Å². The van der Waals surface area contributed by atoms with E-state index in [1.807, 2.05) is 0 Å². The Morgan fingerprint density at radius 2 is 2.11 bits per heavy atom. The highest BCUT2D eigenvalue weighted by Crippen LogP contribution is 2.12. The molecule has 3 rings (SSSR count). The maximum absolute atomic E-state index is 12.7. The fourth-order valence-corrected chi connectivity index (χ4v) is 1.85. The standard InChI is InChI=1S/C11H9F2N5O/c12-10(13)16-6-4-14-9(16)7-18-11(19)17-5-2-1-3-8(17)15-18/h1-6,10H,7H2. The highest BCUT2D eigenvalue weighted by molar-refractivity contribution is 5.35. The van der Waals surface area contributed by atoms with Crippen molar-refractivity contribution in [2.24, 2.45) is 0 Å². The van der Waals surface area contributed by atoms with Crippen LogP contribution in [0.15, 0.2) is 41.6 Å². The Kier molecular flexibility index (Phi) is 2.62. The number of imidazole rings is 1. The third-order valence-corrected chi connectivity index (χ3v) is 2.74. The molecule has 3 heterocycles. The topological polar surface area (TPSA) is 57.1 Å². The molecule has 6 nitrogen and oxygen atoms in total. The number of rotatable bonds is 3. The molecule has 0 radical (unpaired) electrons. The molecule has 0 saturated heterocycles. The Balaban J connectivity index is 2.04. The summed E-state index contributed by atoms with van der Waals surface area (Å²) in [4.78, 5) is 15.8. The quantitative estimate of drug-likeness (QED) is 0.713. The van der Waals surface area contributed by atoms with E-state index < -0.39 is 6.55 Å². The van der Waals surface area contributed by atoms with Crippen molar-refractivity contribution in [3.8, 4) is 0 Å². The summed E-state index contributed by atoms with van der Waals surface area (Å²) in [5.74, 6) is 0.0838. The van der Waals surface area contributed by atoms with E-state index in [1.165, 1.54) is 16.8 Å². The normalized spacial score (nSPS) is 11.5. The first-order chi connectivity index (χ1) is 9.16. The fourth-order valence-electron chi connectivity index (χ4n) is 1.85. The average molecular weight is 265 g/mol. The smallest absolute Gasteiger partial charge is 0.276 e. The number of hydrogen-bond acceptors (Lipinski definition) is 3. The Bertz CT molecular complexity index is 773. The van der Waals surface area contributed by atoms with Crippen molar-refractivity contribution in [2.45, 2.75) is 13.1 Å². The molecule has 0 spiro atoms. The molecule has 0 unspecified atom stereocenters. The Morgan fingerprint density at radius 1 is 1.26 bits per heavy atom. The third kappa shape index (κ3) is 1.90. The SMILES string of the molecule is O=c1n(Cc2nccn2C(F)F)nc2ccccn12. The molecule has 8 heteroatoms. The summed E-state index contributed by atoms with van der Waals surface area (Å²) < 4.78 is 28.5. The van der Waals surface area contributed by atoms with Crippen LogP contribution in [0.4, 0.5) is 8.78 Å². The van der Waals surface area contributed by atoms with E-state index in [-0.39, 0.29) is 18.1 Å². The molecule has 0 aliphatic carbocycles. The van der Waals surface area contributed by atoms with Gasteiger partial charge >= 0.3 is 12.2 Å². The maximum Gasteiger partial charge on any atom is 0.350 e. The minimum absolute atomic E-state index is 0.0838. The second-order valence-corrected chi connectivity index (χ2v) is 3.90. The largest absolute Gasteiger partial charge is 0.350 e. The van der Waals surface area contributed by atoms with Crippen LogP contribution in [-0.2, 0) is 6.54 Å². The minimum atomic E-state index is -2.69. The number of aromatic nitrogens is 5. The van der Waals surface area contributed by atoms with Gasteiger partial charge in [-0.2, -0.15) is 8.78 Å². The maximum atomic E-state index is 12.7. The zero-order valence-electron chi connectivity index (χ0n) is 9.65. The lowest BCUT2D eigenvalue weighted by Crippen LogP contribution is -2.23. The van der Waals surface area contributed by atoms with Crippen LogP contribution in [0.5, 0.6) is 0 Å². The molecule has 0 fully saturated rings. The van der Waals surface area contributed by atoms with E-state index in [0.717, 1.165) is 4.68 Å². The summed E-state index contributed by atoms with van der Waals surface area (Å²) >= 11 is 0. The van der Waals surface area contributed by atoms with E-state index >= 15 is 0 Å². The van der Waals surface area contributed by atoms with Gasteiger partial charge in [0.1, 0.15) is 12.4 Å². The number of alkyl halides is 2. The summed E-state index contributed by atoms with van der Waals surface area (Å²) in [6, 6.07) is 5.10. The zero-order chi connectivity index (χ0) is 13.4. The van der Waals surface area contributed by atoms with Gasteiger partial charge in [0.05, 0.1) is 0 Å². The molecule has 3 aromatic rings. The first-order valence-electron chi connectivity index (χ1n) is 5.51. The van der Waals surface area contributed by atoms with E-state index in [4.69, 9.17) is 0 Å². The summed E-state index contributed by atoms with van der Waals surface area (Å²) in [6.07, 6.45) is 4.00. The van der Waals surface area contributed by atoms with Crippen LogP contribution in [-0.4, -0.2) is 23.7 Å². The van der Waals surface area contributed by atoms with Crippen molar-refractivity contribution < 1.29 is 8.78 Å². The second kappa shape index (κ2) is 4.30. The average Bonchev–Trinajstić information content (AvgIpc) is 2.97. The van der Waals surface area contributed by atoms with Gasteiger partial charge in [0.15, 0.2) is 5.65 Å². The van der Waals surface area contributed by atoms with Crippen LogP contribution in [0.3, 0.4) is 0 Å². The van der Waals surface area contributed by atoms with Crippen molar-refractivity contribution in [3.05, 3.63) is 53.1 Å². The Hall–Kier alpha value is -2.51. The van der Waals surface area contributed by atoms with Crippen molar-refractivity contribution in [3.63, 3.8) is 0 Å². The highest BCUT2D eigenvalue weighted by Gasteiger charge is 2.14. The van der Waals surface area contributed by atoms with Gasteiger partial charge in [0, 0.05) is 18.6 Å². The molecule has 0 amide bonds. The van der Waals surface area contributed by atoms with E-state index in [2.05, 4.69) is 10.1 Å². The van der Waals surface area contributed by atoms with Crippen molar-refractivity contribution in [1.29, 1.82) is 0 Å².